The second kappa shape index (κ2) is 5.92. The van der Waals surface area contributed by atoms with Crippen molar-refractivity contribution in [1.29, 1.82) is 0 Å². The van der Waals surface area contributed by atoms with E-state index in [-0.39, 0.29) is 11.0 Å². The Balaban J connectivity index is 2.17. The van der Waals surface area contributed by atoms with Crippen LogP contribution >= 0.6 is 0 Å². The van der Waals surface area contributed by atoms with Crippen LogP contribution in [0.5, 0.6) is 5.75 Å². The van der Waals surface area contributed by atoms with Gasteiger partial charge in [0.1, 0.15) is 5.75 Å². The lowest BCUT2D eigenvalue weighted by Gasteiger charge is -2.11. The van der Waals surface area contributed by atoms with Gasteiger partial charge >= 0.3 is 0 Å². The number of ether oxygens (including phenoxy) is 1. The van der Waals surface area contributed by atoms with Crippen LogP contribution in [0, 0.1) is 0 Å². The molecule has 0 saturated heterocycles. The van der Waals surface area contributed by atoms with Gasteiger partial charge in [-0.1, -0.05) is 0 Å². The molecule has 5 nitrogen and oxygen atoms in total. The summed E-state index contributed by atoms with van der Waals surface area (Å²) in [6, 6.07) is 9.60. The zero-order valence-electron chi connectivity index (χ0n) is 11.3. The minimum absolute atomic E-state index is 0.0472. The average molecular weight is 292 g/mol. The molecule has 0 fully saturated rings. The zero-order valence-corrected chi connectivity index (χ0v) is 12.1. The Morgan fingerprint density at radius 1 is 1.15 bits per heavy atom. The predicted molar refractivity (Wildman–Crippen MR) is 77.3 cm³/mol. The topological polar surface area (TPSA) is 68.3 Å². The van der Waals surface area contributed by atoms with Gasteiger partial charge in [0, 0.05) is 6.20 Å². The number of nitrogens with zero attached hydrogens (tertiary/aromatic N) is 1. The Morgan fingerprint density at radius 2 is 1.85 bits per heavy atom. The lowest BCUT2D eigenvalue weighted by atomic mass is 10.3. The van der Waals surface area contributed by atoms with Crippen LogP contribution in [0.1, 0.15) is 13.8 Å². The quantitative estimate of drug-likeness (QED) is 0.920. The van der Waals surface area contributed by atoms with Crippen LogP contribution in [-0.4, -0.2) is 19.5 Å². The van der Waals surface area contributed by atoms with E-state index in [1.54, 1.807) is 30.5 Å². The Hall–Kier alpha value is -2.08. The van der Waals surface area contributed by atoms with E-state index in [9.17, 15) is 8.42 Å². The lowest BCUT2D eigenvalue weighted by molar-refractivity contribution is 0.242. The molecule has 0 spiro atoms. The molecule has 1 heterocycles. The molecule has 6 heteroatoms. The zero-order chi connectivity index (χ0) is 14.6. The molecule has 0 unspecified atom stereocenters. The number of anilines is 1. The summed E-state index contributed by atoms with van der Waals surface area (Å²) >= 11 is 0. The van der Waals surface area contributed by atoms with Crippen LogP contribution in [0.15, 0.2) is 53.7 Å². The molecule has 0 aliphatic rings. The first-order valence-electron chi connectivity index (χ1n) is 6.17. The molecule has 2 aromatic rings. The van der Waals surface area contributed by atoms with Crippen molar-refractivity contribution in [2.24, 2.45) is 0 Å². The minimum Gasteiger partial charge on any atom is -0.491 e. The van der Waals surface area contributed by atoms with Crippen molar-refractivity contribution < 1.29 is 13.2 Å². The summed E-state index contributed by atoms with van der Waals surface area (Å²) in [4.78, 5) is 4.04. The molecular weight excluding hydrogens is 276 g/mol. The normalized spacial score (nSPS) is 11.3. The lowest BCUT2D eigenvalue weighted by Crippen LogP contribution is -2.13. The highest BCUT2D eigenvalue weighted by molar-refractivity contribution is 7.92. The highest BCUT2D eigenvalue weighted by atomic mass is 32.2. The number of pyridine rings is 1. The predicted octanol–water partition coefficient (Wildman–Crippen LogP) is 2.67. The molecule has 1 aromatic heterocycles. The molecule has 0 aliphatic heterocycles. The van der Waals surface area contributed by atoms with Gasteiger partial charge in [-0.3, -0.25) is 9.71 Å². The highest BCUT2D eigenvalue weighted by Crippen LogP contribution is 2.19. The van der Waals surface area contributed by atoms with Crippen molar-refractivity contribution in [3.63, 3.8) is 0 Å². The smallest absolute Gasteiger partial charge is 0.261 e. The van der Waals surface area contributed by atoms with Gasteiger partial charge in [0.05, 0.1) is 22.9 Å². The van der Waals surface area contributed by atoms with E-state index in [1.165, 1.54) is 18.3 Å². The van der Waals surface area contributed by atoms with E-state index >= 15 is 0 Å². The Morgan fingerprint density at radius 3 is 2.40 bits per heavy atom. The highest BCUT2D eigenvalue weighted by Gasteiger charge is 2.14. The molecule has 20 heavy (non-hydrogen) atoms. The molecular formula is C14H16N2O3S. The first kappa shape index (κ1) is 14.3. The van der Waals surface area contributed by atoms with E-state index in [1.807, 2.05) is 13.8 Å². The third-order valence-corrected chi connectivity index (χ3v) is 3.82. The summed E-state index contributed by atoms with van der Waals surface area (Å²) in [6.45, 7) is 3.82. The van der Waals surface area contributed by atoms with Gasteiger partial charge in [0.25, 0.3) is 10.0 Å². The van der Waals surface area contributed by atoms with Gasteiger partial charge in [0.15, 0.2) is 0 Å². The van der Waals surface area contributed by atoms with Crippen LogP contribution in [0.2, 0.25) is 0 Å². The molecule has 0 amide bonds. The van der Waals surface area contributed by atoms with Crippen LogP contribution in [0.25, 0.3) is 0 Å². The monoisotopic (exact) mass is 292 g/mol. The van der Waals surface area contributed by atoms with Crippen molar-refractivity contribution in [1.82, 2.24) is 4.98 Å². The van der Waals surface area contributed by atoms with Gasteiger partial charge in [0.2, 0.25) is 0 Å². The summed E-state index contributed by atoms with van der Waals surface area (Å²) in [7, 11) is -3.60. The minimum atomic E-state index is -3.60. The fourth-order valence-corrected chi connectivity index (χ4v) is 2.65. The molecule has 1 aromatic carbocycles. The number of hydrogen-bond donors (Lipinski definition) is 1. The Labute approximate surface area is 118 Å². The third-order valence-electron chi connectivity index (χ3n) is 2.42. The first-order chi connectivity index (χ1) is 9.47. The molecule has 0 radical (unpaired) electrons. The maximum absolute atomic E-state index is 12.2. The summed E-state index contributed by atoms with van der Waals surface area (Å²) in [5.41, 5.74) is 0.426. The van der Waals surface area contributed by atoms with E-state index in [2.05, 4.69) is 9.71 Å². The number of aromatic nitrogens is 1. The van der Waals surface area contributed by atoms with Crippen LogP contribution in [-0.2, 0) is 10.0 Å². The van der Waals surface area contributed by atoms with Crippen molar-refractivity contribution in [3.05, 3.63) is 48.8 Å². The van der Waals surface area contributed by atoms with E-state index in [0.717, 1.165) is 0 Å². The van der Waals surface area contributed by atoms with Crippen molar-refractivity contribution >= 4 is 15.7 Å². The molecule has 1 N–H and O–H groups in total. The summed E-state index contributed by atoms with van der Waals surface area (Å²) in [5.74, 6) is 0.639. The van der Waals surface area contributed by atoms with E-state index in [4.69, 9.17) is 4.74 Å². The molecule has 0 aliphatic carbocycles. The van der Waals surface area contributed by atoms with Gasteiger partial charge in [-0.05, 0) is 50.2 Å². The average Bonchev–Trinajstić information content (AvgIpc) is 2.39. The molecule has 106 valence electrons. The van der Waals surface area contributed by atoms with E-state index < -0.39 is 10.0 Å². The largest absolute Gasteiger partial charge is 0.491 e. The maximum atomic E-state index is 12.2. The standard InChI is InChI=1S/C14H16N2O3S/c1-11(2)19-13-5-7-14(8-6-13)20(17,18)16-12-4-3-9-15-10-12/h3-11,16H,1-2H3. The van der Waals surface area contributed by atoms with Crippen molar-refractivity contribution in [2.45, 2.75) is 24.8 Å². The summed E-state index contributed by atoms with van der Waals surface area (Å²) in [5, 5.41) is 0. The van der Waals surface area contributed by atoms with E-state index in [0.29, 0.717) is 11.4 Å². The van der Waals surface area contributed by atoms with Gasteiger partial charge in [-0.2, -0.15) is 0 Å². The van der Waals surface area contributed by atoms with Crippen molar-refractivity contribution in [3.8, 4) is 5.75 Å². The number of benzene rings is 1. The van der Waals surface area contributed by atoms with Gasteiger partial charge in [-0.25, -0.2) is 8.42 Å². The summed E-state index contributed by atoms with van der Waals surface area (Å²) in [6.07, 6.45) is 3.08. The third kappa shape index (κ3) is 3.71. The summed E-state index contributed by atoms with van der Waals surface area (Å²) < 4.78 is 32.2. The van der Waals surface area contributed by atoms with Crippen LogP contribution in [0.4, 0.5) is 5.69 Å². The maximum Gasteiger partial charge on any atom is 0.261 e. The SMILES string of the molecule is CC(C)Oc1ccc(S(=O)(=O)Nc2cccnc2)cc1. The number of nitrogens with one attached hydrogen (secondary N) is 1. The second-order valence-electron chi connectivity index (χ2n) is 4.49. The Bertz CT molecular complexity index is 653. The molecule has 0 atom stereocenters. The second-order valence-corrected chi connectivity index (χ2v) is 6.17. The molecule has 0 bridgehead atoms. The number of sulfonamides is 1. The molecule has 0 saturated carbocycles. The number of rotatable bonds is 5. The first-order valence-corrected chi connectivity index (χ1v) is 7.65. The van der Waals surface area contributed by atoms with Crippen LogP contribution < -0.4 is 9.46 Å². The fraction of sp³-hybridized carbons (Fsp3) is 0.214. The fourth-order valence-electron chi connectivity index (χ4n) is 1.61. The van der Waals surface area contributed by atoms with Gasteiger partial charge < -0.3 is 4.74 Å². The Kier molecular flexibility index (Phi) is 4.24. The van der Waals surface area contributed by atoms with Crippen molar-refractivity contribution in [2.75, 3.05) is 4.72 Å². The molecule has 2 rings (SSSR count). The van der Waals surface area contributed by atoms with Crippen LogP contribution in [0.3, 0.4) is 0 Å². The van der Waals surface area contributed by atoms with Gasteiger partial charge in [-0.15, -0.1) is 0 Å². The number of hydrogen-bond acceptors (Lipinski definition) is 4.